The van der Waals surface area contributed by atoms with Crippen LogP contribution < -0.4 is 15.2 Å². The summed E-state index contributed by atoms with van der Waals surface area (Å²) in [5.41, 5.74) is 1.60. The summed E-state index contributed by atoms with van der Waals surface area (Å²) in [5, 5.41) is 0.553. The molecule has 4 heterocycles. The number of halogens is 4. The molecule has 2 aliphatic rings. The number of nitrogens with zero attached hydrogens (tertiary/aromatic N) is 5. The van der Waals surface area contributed by atoms with Gasteiger partial charge in [0.1, 0.15) is 6.33 Å². The SMILES string of the molecule is Nc1ncnc2c1nc(Sc1cc3c(cc1Br)OCO3)n2CC1CCN(S(=O)(=O)C(F)(F)F)CC1. The Morgan fingerprint density at radius 1 is 1.17 bits per heavy atom. The zero-order valence-electron chi connectivity index (χ0n) is 17.8. The summed E-state index contributed by atoms with van der Waals surface area (Å²) in [6.45, 7) is 0.0690. The number of fused-ring (bicyclic) bond motifs is 2. The number of rotatable bonds is 5. The Bertz CT molecular complexity index is 1390. The van der Waals surface area contributed by atoms with Crippen LogP contribution in [0.15, 0.2) is 33.0 Å². The maximum atomic E-state index is 12.9. The number of benzene rings is 1. The summed E-state index contributed by atoms with van der Waals surface area (Å²) in [4.78, 5) is 13.7. The molecule has 1 fully saturated rings. The van der Waals surface area contributed by atoms with Crippen LogP contribution in [-0.2, 0) is 16.6 Å². The van der Waals surface area contributed by atoms with Gasteiger partial charge in [-0.1, -0.05) is 11.8 Å². The number of nitrogen functional groups attached to an aromatic ring is 1. The Morgan fingerprint density at radius 2 is 1.86 bits per heavy atom. The quantitative estimate of drug-likeness (QED) is 0.471. The third kappa shape index (κ3) is 4.51. The summed E-state index contributed by atoms with van der Waals surface area (Å²) >= 11 is 4.86. The Kier molecular flexibility index (Phi) is 6.26. The second kappa shape index (κ2) is 8.97. The number of imidazole rings is 1. The molecule has 0 amide bonds. The predicted octanol–water partition coefficient (Wildman–Crippen LogP) is 3.61. The van der Waals surface area contributed by atoms with Crippen LogP contribution in [0.4, 0.5) is 19.0 Å². The molecule has 0 atom stereocenters. The van der Waals surface area contributed by atoms with Crippen molar-refractivity contribution in [1.82, 2.24) is 23.8 Å². The van der Waals surface area contributed by atoms with Gasteiger partial charge in [0.15, 0.2) is 33.6 Å². The maximum absolute atomic E-state index is 12.9. The first-order valence-corrected chi connectivity index (χ1v) is 13.4. The van der Waals surface area contributed by atoms with Crippen molar-refractivity contribution in [3.63, 3.8) is 0 Å². The van der Waals surface area contributed by atoms with E-state index < -0.39 is 15.5 Å². The van der Waals surface area contributed by atoms with Crippen molar-refractivity contribution in [1.29, 1.82) is 0 Å². The van der Waals surface area contributed by atoms with E-state index in [0.717, 1.165) is 9.37 Å². The zero-order valence-corrected chi connectivity index (χ0v) is 21.0. The second-order valence-corrected chi connectivity index (χ2v) is 11.8. The lowest BCUT2D eigenvalue weighted by molar-refractivity contribution is -0.0497. The van der Waals surface area contributed by atoms with E-state index in [1.54, 1.807) is 6.07 Å². The average Bonchev–Trinajstić information content (AvgIpc) is 3.39. The van der Waals surface area contributed by atoms with Gasteiger partial charge >= 0.3 is 15.5 Å². The van der Waals surface area contributed by atoms with Gasteiger partial charge in [0, 0.05) is 29.0 Å². The lowest BCUT2D eigenvalue weighted by atomic mass is 9.98. The van der Waals surface area contributed by atoms with E-state index in [9.17, 15) is 21.6 Å². The molecule has 0 bridgehead atoms. The van der Waals surface area contributed by atoms with Gasteiger partial charge in [-0.05, 0) is 46.8 Å². The predicted molar refractivity (Wildman–Crippen MR) is 123 cm³/mol. The first kappa shape index (κ1) is 24.4. The molecule has 0 aliphatic carbocycles. The number of aromatic nitrogens is 4. The van der Waals surface area contributed by atoms with E-state index in [1.165, 1.54) is 18.1 Å². The number of nitrogens with two attached hydrogens (primary N) is 1. The summed E-state index contributed by atoms with van der Waals surface area (Å²) in [5.74, 6) is 1.32. The molecule has 5 rings (SSSR count). The van der Waals surface area contributed by atoms with Crippen molar-refractivity contribution in [2.45, 2.75) is 34.9 Å². The van der Waals surface area contributed by atoms with Gasteiger partial charge in [0.25, 0.3) is 0 Å². The van der Waals surface area contributed by atoms with E-state index >= 15 is 0 Å². The molecule has 10 nitrogen and oxygen atoms in total. The second-order valence-electron chi connectivity index (χ2n) is 7.97. The first-order chi connectivity index (χ1) is 16.5. The highest BCUT2D eigenvalue weighted by Crippen LogP contribution is 2.43. The zero-order chi connectivity index (χ0) is 25.0. The number of anilines is 1. The van der Waals surface area contributed by atoms with Crippen molar-refractivity contribution in [2.24, 2.45) is 5.92 Å². The van der Waals surface area contributed by atoms with Crippen LogP contribution >= 0.6 is 27.7 Å². The fraction of sp³-hybridized carbons (Fsp3) is 0.421. The van der Waals surface area contributed by atoms with Crippen LogP contribution in [0.3, 0.4) is 0 Å². The van der Waals surface area contributed by atoms with Crippen molar-refractivity contribution in [3.8, 4) is 11.5 Å². The summed E-state index contributed by atoms with van der Waals surface area (Å²) in [7, 11) is -5.34. The third-order valence-electron chi connectivity index (χ3n) is 5.80. The third-order valence-corrected chi connectivity index (χ3v) is 9.40. The monoisotopic (exact) mass is 594 g/mol. The molecule has 0 spiro atoms. The van der Waals surface area contributed by atoms with Crippen molar-refractivity contribution in [3.05, 3.63) is 22.9 Å². The van der Waals surface area contributed by atoms with Crippen LogP contribution in [0, 0.1) is 5.92 Å². The summed E-state index contributed by atoms with van der Waals surface area (Å²) < 4.78 is 76.2. The van der Waals surface area contributed by atoms with Crippen molar-refractivity contribution >= 4 is 54.7 Å². The number of hydrogen-bond donors (Lipinski definition) is 1. The Morgan fingerprint density at radius 3 is 2.54 bits per heavy atom. The van der Waals surface area contributed by atoms with E-state index in [0.29, 0.717) is 38.7 Å². The standard InChI is InChI=1S/C19H18BrF3N6O4S2/c20-11-5-12-13(33-9-32-12)6-14(11)34-18-27-15-16(24)25-8-26-17(15)29(18)7-10-1-3-28(4-2-10)35(30,31)19(21,22)23/h5-6,8,10H,1-4,7,9H2,(H2,24,25,26). The number of hydrogen-bond acceptors (Lipinski definition) is 9. The van der Waals surface area contributed by atoms with Crippen LogP contribution in [0.1, 0.15) is 12.8 Å². The number of ether oxygens (including phenoxy) is 2. The van der Waals surface area contributed by atoms with Crippen LogP contribution in [0.2, 0.25) is 0 Å². The highest BCUT2D eigenvalue weighted by atomic mass is 79.9. The van der Waals surface area contributed by atoms with Crippen molar-refractivity contribution in [2.75, 3.05) is 25.6 Å². The molecule has 0 saturated carbocycles. The molecule has 16 heteroatoms. The normalized spacial score (nSPS) is 17.4. The summed E-state index contributed by atoms with van der Waals surface area (Å²) in [6.07, 6.45) is 1.83. The van der Waals surface area contributed by atoms with E-state index in [2.05, 4.69) is 30.9 Å². The maximum Gasteiger partial charge on any atom is 0.511 e. The molecule has 0 unspecified atom stereocenters. The van der Waals surface area contributed by atoms with Crippen LogP contribution in [-0.4, -0.2) is 57.6 Å². The number of piperidine rings is 1. The lowest BCUT2D eigenvalue weighted by Gasteiger charge is -2.31. The number of alkyl halides is 3. The molecule has 1 aromatic carbocycles. The van der Waals surface area contributed by atoms with Gasteiger partial charge in [0.2, 0.25) is 6.79 Å². The smallest absolute Gasteiger partial charge is 0.454 e. The highest BCUT2D eigenvalue weighted by molar-refractivity contribution is 9.10. The minimum atomic E-state index is -5.34. The molecule has 2 N–H and O–H groups in total. The van der Waals surface area contributed by atoms with E-state index in [4.69, 9.17) is 15.2 Å². The van der Waals surface area contributed by atoms with Crippen LogP contribution in [0.25, 0.3) is 11.2 Å². The minimum Gasteiger partial charge on any atom is -0.454 e. The van der Waals surface area contributed by atoms with E-state index in [-0.39, 0.29) is 44.5 Å². The Labute approximate surface area is 210 Å². The van der Waals surface area contributed by atoms with Gasteiger partial charge in [-0.2, -0.15) is 17.5 Å². The van der Waals surface area contributed by atoms with Gasteiger partial charge < -0.3 is 19.8 Å². The van der Waals surface area contributed by atoms with Gasteiger partial charge in [0.05, 0.1) is 0 Å². The fourth-order valence-corrected chi connectivity index (χ4v) is 6.47. The molecule has 2 aliphatic heterocycles. The average molecular weight is 595 g/mol. The Hall–Kier alpha value is -2.30. The molecule has 35 heavy (non-hydrogen) atoms. The molecule has 1 saturated heterocycles. The first-order valence-electron chi connectivity index (χ1n) is 10.3. The van der Waals surface area contributed by atoms with Crippen LogP contribution in [0.5, 0.6) is 11.5 Å². The highest BCUT2D eigenvalue weighted by Gasteiger charge is 2.50. The Balaban J connectivity index is 1.42. The van der Waals surface area contributed by atoms with E-state index in [1.807, 2.05) is 10.6 Å². The summed E-state index contributed by atoms with van der Waals surface area (Å²) in [6, 6.07) is 3.61. The molecular formula is C19H18BrF3N6O4S2. The largest absolute Gasteiger partial charge is 0.511 e. The molecule has 0 radical (unpaired) electrons. The topological polar surface area (TPSA) is 125 Å². The fourth-order valence-electron chi connectivity index (χ4n) is 3.99. The minimum absolute atomic E-state index is 0.0946. The lowest BCUT2D eigenvalue weighted by Crippen LogP contribution is -2.45. The van der Waals surface area contributed by atoms with Gasteiger partial charge in [-0.15, -0.1) is 0 Å². The molecule has 2 aromatic heterocycles. The molecule has 188 valence electrons. The van der Waals surface area contributed by atoms with Crippen molar-refractivity contribution < 1.29 is 31.1 Å². The van der Waals surface area contributed by atoms with Gasteiger partial charge in [-0.3, -0.25) is 0 Å². The number of sulfonamides is 1. The molecular weight excluding hydrogens is 577 g/mol. The molecule has 3 aromatic rings. The van der Waals surface area contributed by atoms with Gasteiger partial charge in [-0.25, -0.2) is 23.4 Å².